The summed E-state index contributed by atoms with van der Waals surface area (Å²) in [6.45, 7) is 1.83. The molecule has 1 N–H and O–H groups in total. The summed E-state index contributed by atoms with van der Waals surface area (Å²) in [5.74, 6) is 0. The zero-order valence-corrected chi connectivity index (χ0v) is 12.7. The predicted octanol–water partition coefficient (Wildman–Crippen LogP) is 4.97. The number of halogens is 3. The van der Waals surface area contributed by atoms with Crippen molar-refractivity contribution in [3.8, 4) is 0 Å². The summed E-state index contributed by atoms with van der Waals surface area (Å²) in [6, 6.07) is 12.9. The van der Waals surface area contributed by atoms with Crippen molar-refractivity contribution in [1.82, 2.24) is 4.98 Å². The van der Waals surface area contributed by atoms with Gasteiger partial charge in [0.25, 0.3) is 0 Å². The fourth-order valence-corrected chi connectivity index (χ4v) is 2.48. The van der Waals surface area contributed by atoms with E-state index in [1.54, 1.807) is 36.4 Å². The first kappa shape index (κ1) is 16.0. The maximum absolute atomic E-state index is 13.5. The maximum atomic E-state index is 13.5. The van der Waals surface area contributed by atoms with E-state index in [2.05, 4.69) is 9.98 Å². The number of nitrogens with one attached hydrogen (secondary N) is 1. The average molecular weight is 330 g/mol. The third-order valence-electron chi connectivity index (χ3n) is 3.64. The zero-order chi connectivity index (χ0) is 17.3. The first-order chi connectivity index (χ1) is 11.4. The van der Waals surface area contributed by atoms with E-state index in [0.717, 1.165) is 5.56 Å². The summed E-state index contributed by atoms with van der Waals surface area (Å²) >= 11 is 0. The van der Waals surface area contributed by atoms with Crippen LogP contribution < -0.4 is 0 Å². The van der Waals surface area contributed by atoms with Crippen LogP contribution >= 0.6 is 0 Å². The number of alkyl halides is 3. The van der Waals surface area contributed by atoms with Crippen LogP contribution in [-0.2, 0) is 0 Å². The summed E-state index contributed by atoms with van der Waals surface area (Å²) < 4.78 is 40.6. The number of rotatable bonds is 3. The Morgan fingerprint density at radius 3 is 2.38 bits per heavy atom. The second-order valence-electron chi connectivity index (χ2n) is 5.37. The Bertz CT molecular complexity index is 922. The van der Waals surface area contributed by atoms with Crippen molar-refractivity contribution in [3.05, 3.63) is 65.4 Å². The number of benzene rings is 2. The van der Waals surface area contributed by atoms with Crippen LogP contribution in [0, 0.1) is 6.92 Å². The van der Waals surface area contributed by atoms with Gasteiger partial charge in [0.05, 0.1) is 11.4 Å². The molecule has 0 amide bonds. The first-order valence-electron chi connectivity index (χ1n) is 7.19. The highest BCUT2D eigenvalue weighted by molar-refractivity contribution is 6.14. The number of carbonyl (C=O) groups is 1. The lowest BCUT2D eigenvalue weighted by atomic mass is 10.1. The summed E-state index contributed by atoms with van der Waals surface area (Å²) in [6.07, 6.45) is -4.28. The fourth-order valence-electron chi connectivity index (χ4n) is 2.48. The quantitative estimate of drug-likeness (QED) is 0.535. The number of hydrogen-bond acceptors (Lipinski definition) is 2. The lowest BCUT2D eigenvalue weighted by Crippen LogP contribution is -2.25. The maximum Gasteiger partial charge on any atom is 0.435 e. The molecule has 24 heavy (non-hydrogen) atoms. The minimum atomic E-state index is -4.70. The molecule has 122 valence electrons. The van der Waals surface area contributed by atoms with Gasteiger partial charge in [0, 0.05) is 16.5 Å². The number of nitrogens with zero attached hydrogens (tertiary/aromatic N) is 1. The van der Waals surface area contributed by atoms with Gasteiger partial charge in [-0.15, -0.1) is 0 Å². The molecule has 1 aromatic heterocycles. The lowest BCUT2D eigenvalue weighted by molar-refractivity contribution is -0.0581. The Morgan fingerprint density at radius 2 is 1.75 bits per heavy atom. The van der Waals surface area contributed by atoms with Crippen LogP contribution in [0.15, 0.2) is 53.5 Å². The first-order valence-corrected chi connectivity index (χ1v) is 7.19. The largest absolute Gasteiger partial charge is 0.435 e. The number of aromatic amines is 1. The summed E-state index contributed by atoms with van der Waals surface area (Å²) in [5.41, 5.74) is 0.0540. The van der Waals surface area contributed by atoms with E-state index in [1.165, 1.54) is 12.1 Å². The van der Waals surface area contributed by atoms with Crippen molar-refractivity contribution >= 4 is 28.6 Å². The second-order valence-corrected chi connectivity index (χ2v) is 5.37. The number of carbonyl (C=O) groups excluding carboxylic acids is 1. The van der Waals surface area contributed by atoms with Crippen molar-refractivity contribution in [2.45, 2.75) is 13.1 Å². The second kappa shape index (κ2) is 5.96. The van der Waals surface area contributed by atoms with Gasteiger partial charge in [0.15, 0.2) is 12.0 Å². The van der Waals surface area contributed by atoms with Crippen molar-refractivity contribution in [2.75, 3.05) is 0 Å². The number of aromatic nitrogens is 1. The van der Waals surface area contributed by atoms with Gasteiger partial charge in [-0.05, 0) is 25.1 Å². The van der Waals surface area contributed by atoms with Crippen LogP contribution in [0.25, 0.3) is 10.9 Å². The monoisotopic (exact) mass is 330 g/mol. The van der Waals surface area contributed by atoms with E-state index in [0.29, 0.717) is 17.2 Å². The minimum Gasteiger partial charge on any atom is -0.353 e. The standard InChI is InChI=1S/C18H13F3N2O/c1-11-6-8-12(9-7-11)22-17(18(19,20)21)16-14(10-24)13-4-2-3-5-15(13)23-16/h2-10,23H,1H3. The van der Waals surface area contributed by atoms with E-state index < -0.39 is 11.9 Å². The lowest BCUT2D eigenvalue weighted by Gasteiger charge is -2.10. The van der Waals surface area contributed by atoms with Crippen LogP contribution in [0.4, 0.5) is 18.9 Å². The Morgan fingerprint density at radius 1 is 1.08 bits per heavy atom. The van der Waals surface area contributed by atoms with E-state index in [4.69, 9.17) is 0 Å². The average Bonchev–Trinajstić information content (AvgIpc) is 2.91. The third kappa shape index (κ3) is 2.95. The Balaban J connectivity index is 2.24. The predicted molar refractivity (Wildman–Crippen MR) is 87.1 cm³/mol. The molecule has 0 radical (unpaired) electrons. The molecule has 0 aliphatic heterocycles. The van der Waals surface area contributed by atoms with Gasteiger partial charge >= 0.3 is 6.18 Å². The number of hydrogen-bond donors (Lipinski definition) is 1. The molecule has 3 nitrogen and oxygen atoms in total. The zero-order valence-electron chi connectivity index (χ0n) is 12.7. The van der Waals surface area contributed by atoms with Crippen LogP contribution in [0.2, 0.25) is 0 Å². The van der Waals surface area contributed by atoms with Gasteiger partial charge in [-0.25, -0.2) is 4.99 Å². The van der Waals surface area contributed by atoms with Gasteiger partial charge in [0.1, 0.15) is 0 Å². The normalized spacial score (nSPS) is 12.6. The third-order valence-corrected chi connectivity index (χ3v) is 3.64. The summed E-state index contributed by atoms with van der Waals surface area (Å²) in [5, 5.41) is 0.434. The molecule has 2 aromatic carbocycles. The molecule has 3 rings (SSSR count). The molecule has 0 saturated carbocycles. The molecule has 0 bridgehead atoms. The van der Waals surface area contributed by atoms with Gasteiger partial charge < -0.3 is 4.98 Å². The molecule has 0 aliphatic carbocycles. The smallest absolute Gasteiger partial charge is 0.353 e. The SMILES string of the molecule is Cc1ccc(N=C(c2[nH]c3ccccc3c2C=O)C(F)(F)F)cc1. The van der Waals surface area contributed by atoms with Gasteiger partial charge in [-0.3, -0.25) is 4.79 Å². The summed E-state index contributed by atoms with van der Waals surface area (Å²) in [4.78, 5) is 17.8. The van der Waals surface area contributed by atoms with Crippen molar-refractivity contribution in [1.29, 1.82) is 0 Å². The van der Waals surface area contributed by atoms with Gasteiger partial charge in [-0.1, -0.05) is 35.9 Å². The van der Waals surface area contributed by atoms with Crippen LogP contribution in [-0.4, -0.2) is 23.2 Å². The Hall–Kier alpha value is -2.89. The van der Waals surface area contributed by atoms with Crippen LogP contribution in [0.5, 0.6) is 0 Å². The minimum absolute atomic E-state index is 0.0474. The number of aryl methyl sites for hydroxylation is 1. The molecule has 1 heterocycles. The molecule has 0 aliphatic rings. The Labute approximate surface area is 135 Å². The van der Waals surface area contributed by atoms with Crippen LogP contribution in [0.3, 0.4) is 0 Å². The highest BCUT2D eigenvalue weighted by atomic mass is 19.4. The van der Waals surface area contributed by atoms with E-state index >= 15 is 0 Å². The molecule has 0 saturated heterocycles. The highest BCUT2D eigenvalue weighted by Gasteiger charge is 2.39. The number of H-pyrrole nitrogens is 1. The number of para-hydroxylation sites is 1. The number of aldehydes is 1. The van der Waals surface area contributed by atoms with E-state index in [9.17, 15) is 18.0 Å². The summed E-state index contributed by atoms with van der Waals surface area (Å²) in [7, 11) is 0. The van der Waals surface area contributed by atoms with Crippen molar-refractivity contribution in [2.24, 2.45) is 4.99 Å². The van der Waals surface area contributed by atoms with Crippen molar-refractivity contribution < 1.29 is 18.0 Å². The molecular weight excluding hydrogens is 317 g/mol. The topological polar surface area (TPSA) is 45.2 Å². The van der Waals surface area contributed by atoms with Gasteiger partial charge in [0.2, 0.25) is 0 Å². The molecule has 3 aromatic rings. The van der Waals surface area contributed by atoms with Crippen LogP contribution in [0.1, 0.15) is 21.6 Å². The molecule has 0 fully saturated rings. The number of aliphatic imine (C=N–C) groups is 1. The molecule has 0 atom stereocenters. The Kier molecular flexibility index (Phi) is 3.97. The highest BCUT2D eigenvalue weighted by Crippen LogP contribution is 2.30. The molecule has 0 unspecified atom stereocenters. The number of fused-ring (bicyclic) bond motifs is 1. The molecular formula is C18H13F3N2O. The molecule has 0 spiro atoms. The van der Waals surface area contributed by atoms with Gasteiger partial charge in [-0.2, -0.15) is 13.2 Å². The van der Waals surface area contributed by atoms with E-state index in [-0.39, 0.29) is 16.9 Å². The van der Waals surface area contributed by atoms with E-state index in [1.807, 2.05) is 6.92 Å². The van der Waals surface area contributed by atoms with Crippen molar-refractivity contribution in [3.63, 3.8) is 0 Å². The molecule has 6 heteroatoms. The fraction of sp³-hybridized carbons (Fsp3) is 0.111.